The molecule has 1 aliphatic rings. The molecule has 0 bridgehead atoms. The highest BCUT2D eigenvalue weighted by Gasteiger charge is 2.28. The van der Waals surface area contributed by atoms with E-state index in [1.807, 2.05) is 0 Å². The van der Waals surface area contributed by atoms with Crippen molar-refractivity contribution in [3.63, 3.8) is 0 Å². The number of para-hydroxylation sites is 1. The highest BCUT2D eigenvalue weighted by atomic mass is 16.3. The van der Waals surface area contributed by atoms with Gasteiger partial charge in [0.2, 0.25) is 0 Å². The summed E-state index contributed by atoms with van der Waals surface area (Å²) in [5, 5.41) is 23.4. The fraction of sp³-hybridized carbons (Fsp3) is 0.0597. The van der Waals surface area contributed by atoms with Gasteiger partial charge in [0.25, 0.3) is 0 Å². The molecule has 0 spiro atoms. The molecule has 4 nitrogen and oxygen atoms in total. The molecule has 1 N–H and O–H groups in total. The molecule has 4 heteroatoms. The van der Waals surface area contributed by atoms with Gasteiger partial charge in [0.1, 0.15) is 17.3 Å². The lowest BCUT2D eigenvalue weighted by Gasteiger charge is -2.28. The number of nitrogens with one attached hydrogen (secondary N) is 1. The molecule has 71 heavy (non-hydrogen) atoms. The first-order valence-corrected chi connectivity index (χ1v) is 24.8. The molecular formula is C67H45N3O. The van der Waals surface area contributed by atoms with Gasteiger partial charge in [-0.15, -0.1) is 0 Å². The van der Waals surface area contributed by atoms with E-state index in [2.05, 4.69) is 241 Å². The van der Waals surface area contributed by atoms with Crippen LogP contribution in [0.3, 0.4) is 0 Å². The third kappa shape index (κ3) is 6.14. The highest BCUT2D eigenvalue weighted by molar-refractivity contribution is 6.22. The van der Waals surface area contributed by atoms with Crippen molar-refractivity contribution in [1.82, 2.24) is 9.88 Å². The Morgan fingerprint density at radius 1 is 0.437 bits per heavy atom. The Bertz CT molecular complexity index is 4620. The van der Waals surface area contributed by atoms with E-state index in [0.717, 1.165) is 67.6 Å². The van der Waals surface area contributed by atoms with Crippen molar-refractivity contribution in [1.29, 1.82) is 0 Å². The van der Waals surface area contributed by atoms with Gasteiger partial charge in [0.15, 0.2) is 0 Å². The molecule has 0 aliphatic carbocycles. The largest absolute Gasteiger partial charge is 0.456 e. The monoisotopic (exact) mass is 907 g/mol. The molecule has 2 unspecified atom stereocenters. The van der Waals surface area contributed by atoms with Crippen molar-refractivity contribution in [2.75, 3.05) is 0 Å². The molecule has 2 aromatic heterocycles. The quantitative estimate of drug-likeness (QED) is 0.179. The minimum atomic E-state index is -0.466. The van der Waals surface area contributed by atoms with E-state index >= 15 is 0 Å². The van der Waals surface area contributed by atoms with Crippen LogP contribution in [0.25, 0.3) is 120 Å². The number of nitrogens with zero attached hydrogens (tertiary/aromatic N) is 2. The molecule has 1 aliphatic heterocycles. The first kappa shape index (κ1) is 40.0. The first-order chi connectivity index (χ1) is 35.1. The Kier molecular flexibility index (Phi) is 8.73. The second-order valence-corrected chi connectivity index (χ2v) is 19.4. The minimum absolute atomic E-state index is 0.0661. The topological polar surface area (TPSA) is 42.5 Å². The molecule has 0 saturated heterocycles. The molecule has 3 heterocycles. The SMILES string of the molecule is CC1C/C=C(\c2cc3c(cc2-n2c4ccccc4c4cc5ccccc5cc42)oc2ccc4ccccc4c23)NC(c2cc3ccccc3c3ccccc23)/N=C\1c1cc2ccccc2c2ccccc12. The van der Waals surface area contributed by atoms with Crippen LogP contribution in [-0.4, -0.2) is 10.3 Å². The Morgan fingerprint density at radius 2 is 1.03 bits per heavy atom. The molecule has 334 valence electrons. The van der Waals surface area contributed by atoms with Crippen LogP contribution in [0.1, 0.15) is 36.2 Å². The Labute approximate surface area is 409 Å². The van der Waals surface area contributed by atoms with Gasteiger partial charge in [-0.1, -0.05) is 183 Å². The van der Waals surface area contributed by atoms with Crippen LogP contribution in [0.5, 0.6) is 0 Å². The molecule has 0 radical (unpaired) electrons. The molecule has 14 aromatic rings. The van der Waals surface area contributed by atoms with Crippen LogP contribution in [0.2, 0.25) is 0 Å². The standard InChI is InChI=1S/C67H45N3O/c1-40-30-32-59(68-67(56-36-45-20-6-8-22-47(45)50-25-11-13-27-52(50)56)69-66(40)55-35-44-19-5-7-21-46(44)49-24-10-12-26-51(49)55)57-38-58-64(71-63-33-31-41-16-4-9-23-48(41)65(58)63)39-62(57)70-60-29-15-14-28-53(60)54-34-42-17-2-3-18-43(42)37-61(54)70/h2-29,31-40,67-68H,30H2,1H3/b59-32+,69-66+. The highest BCUT2D eigenvalue weighted by Crippen LogP contribution is 2.44. The summed E-state index contributed by atoms with van der Waals surface area (Å²) in [5.41, 5.74) is 10.6. The summed E-state index contributed by atoms with van der Waals surface area (Å²) in [5.74, 6) is 0.0661. The Hall–Kier alpha value is -8.99. The number of aliphatic imine (C=N–C) groups is 1. The van der Waals surface area contributed by atoms with Crippen molar-refractivity contribution in [3.8, 4) is 5.69 Å². The van der Waals surface area contributed by atoms with E-state index in [1.54, 1.807) is 0 Å². The summed E-state index contributed by atoms with van der Waals surface area (Å²) in [6.07, 6.45) is 2.75. The zero-order valence-electron chi connectivity index (χ0n) is 39.0. The molecule has 0 amide bonds. The van der Waals surface area contributed by atoms with Crippen molar-refractivity contribution < 1.29 is 4.42 Å². The van der Waals surface area contributed by atoms with Gasteiger partial charge in [-0.2, -0.15) is 0 Å². The van der Waals surface area contributed by atoms with Crippen molar-refractivity contribution in [2.24, 2.45) is 10.9 Å². The van der Waals surface area contributed by atoms with E-state index < -0.39 is 6.17 Å². The first-order valence-electron chi connectivity index (χ1n) is 24.8. The molecule has 0 saturated carbocycles. The van der Waals surface area contributed by atoms with Crippen LogP contribution in [0.15, 0.2) is 234 Å². The average molecular weight is 908 g/mol. The predicted molar refractivity (Wildman–Crippen MR) is 300 cm³/mol. The fourth-order valence-electron chi connectivity index (χ4n) is 12.1. The van der Waals surface area contributed by atoms with Gasteiger partial charge >= 0.3 is 0 Å². The third-order valence-electron chi connectivity index (χ3n) is 15.4. The molecule has 12 aromatic carbocycles. The second-order valence-electron chi connectivity index (χ2n) is 19.4. The van der Waals surface area contributed by atoms with Crippen molar-refractivity contribution >= 4 is 120 Å². The van der Waals surface area contributed by atoms with Crippen LogP contribution in [-0.2, 0) is 0 Å². The van der Waals surface area contributed by atoms with Gasteiger partial charge in [-0.3, -0.25) is 4.99 Å². The number of rotatable bonds is 4. The summed E-state index contributed by atoms with van der Waals surface area (Å²) < 4.78 is 9.40. The van der Waals surface area contributed by atoms with Gasteiger partial charge < -0.3 is 14.3 Å². The van der Waals surface area contributed by atoms with Gasteiger partial charge in [0.05, 0.1) is 16.7 Å². The Morgan fingerprint density at radius 3 is 1.79 bits per heavy atom. The number of fused-ring (bicyclic) bond motifs is 15. The second kappa shape index (κ2) is 15.5. The number of furan rings is 1. The maximum absolute atomic E-state index is 6.93. The number of hydrogen-bond acceptors (Lipinski definition) is 3. The van der Waals surface area contributed by atoms with E-state index in [0.29, 0.717) is 0 Å². The van der Waals surface area contributed by atoms with Crippen LogP contribution in [0.4, 0.5) is 0 Å². The lowest BCUT2D eigenvalue weighted by molar-refractivity contribution is 0.646. The Balaban J connectivity index is 1.03. The van der Waals surface area contributed by atoms with Crippen molar-refractivity contribution in [2.45, 2.75) is 19.5 Å². The summed E-state index contributed by atoms with van der Waals surface area (Å²) >= 11 is 0. The molecule has 15 rings (SSSR count). The summed E-state index contributed by atoms with van der Waals surface area (Å²) in [7, 11) is 0. The van der Waals surface area contributed by atoms with E-state index in [-0.39, 0.29) is 5.92 Å². The lowest BCUT2D eigenvalue weighted by atomic mass is 9.87. The van der Waals surface area contributed by atoms with Gasteiger partial charge in [-0.05, 0) is 114 Å². The smallest absolute Gasteiger partial charge is 0.145 e. The van der Waals surface area contributed by atoms with E-state index in [1.165, 1.54) is 81.0 Å². The maximum atomic E-state index is 6.93. The number of hydrogen-bond donors (Lipinski definition) is 1. The minimum Gasteiger partial charge on any atom is -0.456 e. The summed E-state index contributed by atoms with van der Waals surface area (Å²) in [4.78, 5) is 6.06. The van der Waals surface area contributed by atoms with Gasteiger partial charge in [-0.25, -0.2) is 0 Å². The van der Waals surface area contributed by atoms with Crippen molar-refractivity contribution in [3.05, 3.63) is 241 Å². The number of benzene rings is 12. The third-order valence-corrected chi connectivity index (χ3v) is 15.4. The zero-order valence-corrected chi connectivity index (χ0v) is 39.0. The molecule has 2 atom stereocenters. The zero-order chi connectivity index (χ0) is 46.7. The maximum Gasteiger partial charge on any atom is 0.145 e. The molecular weight excluding hydrogens is 863 g/mol. The van der Waals surface area contributed by atoms with Crippen LogP contribution >= 0.6 is 0 Å². The van der Waals surface area contributed by atoms with Crippen LogP contribution in [0, 0.1) is 5.92 Å². The van der Waals surface area contributed by atoms with E-state index in [9.17, 15) is 0 Å². The normalized spacial score (nSPS) is 17.1. The molecule has 0 fully saturated rings. The number of allylic oxidation sites excluding steroid dienone is 1. The lowest BCUT2D eigenvalue weighted by Crippen LogP contribution is -2.26. The fourth-order valence-corrected chi connectivity index (χ4v) is 12.1. The number of aromatic nitrogens is 1. The van der Waals surface area contributed by atoms with Gasteiger partial charge in [0, 0.05) is 61.6 Å². The summed E-state index contributed by atoms with van der Waals surface area (Å²) in [6, 6.07) is 79.9. The van der Waals surface area contributed by atoms with E-state index in [4.69, 9.17) is 9.41 Å². The average Bonchev–Trinajstić information content (AvgIpc) is 3.96. The predicted octanol–water partition coefficient (Wildman–Crippen LogP) is 17.8. The van der Waals surface area contributed by atoms with Crippen LogP contribution < -0.4 is 5.32 Å². The summed E-state index contributed by atoms with van der Waals surface area (Å²) in [6.45, 7) is 2.36.